The van der Waals surface area contributed by atoms with Gasteiger partial charge in [-0.05, 0) is 11.4 Å². The number of carbonyl (C=O) groups is 1. The van der Waals surface area contributed by atoms with E-state index in [1.807, 2.05) is 11.4 Å². The van der Waals surface area contributed by atoms with Crippen molar-refractivity contribution in [2.75, 3.05) is 7.11 Å². The van der Waals surface area contributed by atoms with Crippen molar-refractivity contribution >= 4 is 23.0 Å². The number of methoxy groups -OCH3 is 1. The molecular weight excluding hydrogens is 301 g/mol. The molecule has 0 saturated carbocycles. The van der Waals surface area contributed by atoms with E-state index in [1.165, 1.54) is 11.3 Å². The van der Waals surface area contributed by atoms with Crippen molar-refractivity contribution in [3.05, 3.63) is 56.0 Å². The normalized spacial score (nSPS) is 10.2. The Balaban J connectivity index is 2.35. The fourth-order valence-corrected chi connectivity index (χ4v) is 2.23. The minimum Gasteiger partial charge on any atom is -0.481 e. The molecular formula is C13H10FNO5S. The quantitative estimate of drug-likeness (QED) is 0.481. The van der Waals surface area contributed by atoms with Crippen molar-refractivity contribution in [2.45, 2.75) is 6.61 Å². The van der Waals surface area contributed by atoms with Crippen molar-refractivity contribution in [2.24, 2.45) is 0 Å². The standard InChI is InChI=1S/C13H10FNO5S/c1-19-13(16)9-5-12(11(15(17)18)6-10(9)14)20-7-8-3-2-4-21-8/h2-6H,7H2,1H3. The summed E-state index contributed by atoms with van der Waals surface area (Å²) in [6, 6.07) is 5.23. The van der Waals surface area contributed by atoms with Crippen LogP contribution in [0.2, 0.25) is 0 Å². The van der Waals surface area contributed by atoms with Crippen LogP contribution in [-0.2, 0) is 11.3 Å². The SMILES string of the molecule is COC(=O)c1cc(OCc2cccs2)c([N+](=O)[O-])cc1F. The van der Waals surface area contributed by atoms with Crippen LogP contribution in [0.15, 0.2) is 29.6 Å². The first-order chi connectivity index (χ1) is 10.0. The van der Waals surface area contributed by atoms with Crippen LogP contribution in [-0.4, -0.2) is 18.0 Å². The third kappa shape index (κ3) is 3.34. The molecule has 2 aromatic rings. The second-order valence-electron chi connectivity index (χ2n) is 3.92. The van der Waals surface area contributed by atoms with Crippen LogP contribution >= 0.6 is 11.3 Å². The number of carbonyl (C=O) groups excluding carboxylic acids is 1. The van der Waals surface area contributed by atoms with Crippen LogP contribution in [0.4, 0.5) is 10.1 Å². The summed E-state index contributed by atoms with van der Waals surface area (Å²) in [6.07, 6.45) is 0. The molecule has 0 aliphatic rings. The maximum absolute atomic E-state index is 13.7. The zero-order valence-corrected chi connectivity index (χ0v) is 11.7. The first-order valence-electron chi connectivity index (χ1n) is 5.74. The van der Waals surface area contributed by atoms with Gasteiger partial charge in [-0.1, -0.05) is 6.07 Å². The van der Waals surface area contributed by atoms with Crippen LogP contribution in [0.25, 0.3) is 0 Å². The number of nitro benzene ring substituents is 1. The van der Waals surface area contributed by atoms with Gasteiger partial charge in [0.25, 0.3) is 0 Å². The molecule has 6 nitrogen and oxygen atoms in total. The minimum absolute atomic E-state index is 0.0880. The Labute approximate surface area is 122 Å². The lowest BCUT2D eigenvalue weighted by Gasteiger charge is -2.08. The molecule has 2 rings (SSSR count). The summed E-state index contributed by atoms with van der Waals surface area (Å²) in [5, 5.41) is 12.8. The van der Waals surface area contributed by atoms with E-state index in [9.17, 15) is 19.3 Å². The van der Waals surface area contributed by atoms with Crippen LogP contribution in [0.5, 0.6) is 5.75 Å². The highest BCUT2D eigenvalue weighted by Crippen LogP contribution is 2.31. The Bertz CT molecular complexity index is 671. The number of ether oxygens (including phenoxy) is 2. The van der Waals surface area contributed by atoms with E-state index in [0.29, 0.717) is 6.07 Å². The van der Waals surface area contributed by atoms with E-state index < -0.39 is 28.0 Å². The third-order valence-corrected chi connectivity index (χ3v) is 3.45. The van der Waals surface area contributed by atoms with E-state index in [1.54, 1.807) is 6.07 Å². The maximum Gasteiger partial charge on any atom is 0.340 e. The highest BCUT2D eigenvalue weighted by molar-refractivity contribution is 7.09. The molecule has 0 saturated heterocycles. The number of hydrogen-bond donors (Lipinski definition) is 0. The molecule has 8 heteroatoms. The van der Waals surface area contributed by atoms with Crippen molar-refractivity contribution in [1.82, 2.24) is 0 Å². The van der Waals surface area contributed by atoms with Gasteiger partial charge < -0.3 is 9.47 Å². The van der Waals surface area contributed by atoms with Crippen LogP contribution in [0.1, 0.15) is 15.2 Å². The molecule has 0 radical (unpaired) electrons. The zero-order chi connectivity index (χ0) is 15.4. The van der Waals surface area contributed by atoms with Gasteiger partial charge in [0.2, 0.25) is 0 Å². The van der Waals surface area contributed by atoms with E-state index in [0.717, 1.165) is 18.1 Å². The Morgan fingerprint density at radius 3 is 2.81 bits per heavy atom. The summed E-state index contributed by atoms with van der Waals surface area (Å²) in [4.78, 5) is 22.4. The molecule has 0 aliphatic heterocycles. The molecule has 0 unspecified atom stereocenters. The topological polar surface area (TPSA) is 78.7 Å². The van der Waals surface area contributed by atoms with Gasteiger partial charge >= 0.3 is 11.7 Å². The highest BCUT2D eigenvalue weighted by Gasteiger charge is 2.23. The molecule has 0 atom stereocenters. The number of halogens is 1. The van der Waals surface area contributed by atoms with Gasteiger partial charge in [0, 0.05) is 10.9 Å². The number of benzene rings is 1. The predicted molar refractivity (Wildman–Crippen MR) is 73.0 cm³/mol. The monoisotopic (exact) mass is 311 g/mol. The van der Waals surface area contributed by atoms with Gasteiger partial charge in [-0.3, -0.25) is 10.1 Å². The fourth-order valence-electron chi connectivity index (χ4n) is 1.61. The smallest absolute Gasteiger partial charge is 0.340 e. The fraction of sp³-hybridized carbons (Fsp3) is 0.154. The second kappa shape index (κ2) is 6.31. The van der Waals surface area contributed by atoms with Gasteiger partial charge in [0.1, 0.15) is 12.4 Å². The summed E-state index contributed by atoms with van der Waals surface area (Å²) in [6.45, 7) is 0.0880. The number of thiophene rings is 1. The van der Waals surface area contributed by atoms with Gasteiger partial charge in [-0.15, -0.1) is 11.3 Å². The average Bonchev–Trinajstić information content (AvgIpc) is 2.98. The average molecular weight is 311 g/mol. The van der Waals surface area contributed by atoms with E-state index in [-0.39, 0.29) is 12.4 Å². The Kier molecular flexibility index (Phi) is 4.49. The molecule has 21 heavy (non-hydrogen) atoms. The molecule has 1 aromatic heterocycles. The van der Waals surface area contributed by atoms with Crippen molar-refractivity contribution in [3.8, 4) is 5.75 Å². The molecule has 0 aliphatic carbocycles. The van der Waals surface area contributed by atoms with E-state index in [2.05, 4.69) is 4.74 Å². The van der Waals surface area contributed by atoms with Crippen molar-refractivity contribution in [3.63, 3.8) is 0 Å². The van der Waals surface area contributed by atoms with Gasteiger partial charge in [-0.25, -0.2) is 9.18 Å². The number of nitro groups is 1. The van der Waals surface area contributed by atoms with E-state index in [4.69, 9.17) is 4.74 Å². The molecule has 0 amide bonds. The zero-order valence-electron chi connectivity index (χ0n) is 10.9. The molecule has 1 aromatic carbocycles. The summed E-state index contributed by atoms with van der Waals surface area (Å²) in [5.41, 5.74) is -0.957. The van der Waals surface area contributed by atoms with Gasteiger partial charge in [0.05, 0.1) is 23.7 Å². The molecule has 110 valence electrons. The van der Waals surface area contributed by atoms with E-state index >= 15 is 0 Å². The summed E-state index contributed by atoms with van der Waals surface area (Å²) < 4.78 is 23.4. The Hall–Kier alpha value is -2.48. The van der Waals surface area contributed by atoms with Gasteiger partial charge in [0.15, 0.2) is 5.75 Å². The predicted octanol–water partition coefficient (Wildman–Crippen LogP) is 3.16. The van der Waals surface area contributed by atoms with Crippen LogP contribution in [0.3, 0.4) is 0 Å². The summed E-state index contributed by atoms with van der Waals surface area (Å²) >= 11 is 1.41. The highest BCUT2D eigenvalue weighted by atomic mass is 32.1. The summed E-state index contributed by atoms with van der Waals surface area (Å²) in [7, 11) is 1.09. The first kappa shape index (κ1) is 14.9. The largest absolute Gasteiger partial charge is 0.481 e. The first-order valence-corrected chi connectivity index (χ1v) is 6.62. The van der Waals surface area contributed by atoms with Gasteiger partial charge in [-0.2, -0.15) is 0 Å². The summed E-state index contributed by atoms with van der Waals surface area (Å²) in [5.74, 6) is -2.14. The molecule has 0 N–H and O–H groups in total. The van der Waals surface area contributed by atoms with Crippen LogP contribution in [0, 0.1) is 15.9 Å². The third-order valence-electron chi connectivity index (χ3n) is 2.60. The number of rotatable bonds is 5. The Morgan fingerprint density at radius 1 is 1.48 bits per heavy atom. The van der Waals surface area contributed by atoms with Crippen molar-refractivity contribution in [1.29, 1.82) is 0 Å². The van der Waals surface area contributed by atoms with Crippen LogP contribution < -0.4 is 4.74 Å². The lowest BCUT2D eigenvalue weighted by molar-refractivity contribution is -0.386. The molecule has 0 fully saturated rings. The number of nitrogens with zero attached hydrogens (tertiary/aromatic N) is 1. The Morgan fingerprint density at radius 2 is 2.24 bits per heavy atom. The molecule has 0 bridgehead atoms. The molecule has 1 heterocycles. The maximum atomic E-state index is 13.7. The minimum atomic E-state index is -1.03. The number of hydrogen-bond acceptors (Lipinski definition) is 6. The van der Waals surface area contributed by atoms with Crippen molar-refractivity contribution < 1.29 is 23.6 Å². The lowest BCUT2D eigenvalue weighted by Crippen LogP contribution is -2.07. The molecule has 0 spiro atoms. The number of esters is 1. The second-order valence-corrected chi connectivity index (χ2v) is 4.95. The lowest BCUT2D eigenvalue weighted by atomic mass is 10.1.